The zero-order chi connectivity index (χ0) is 19.9. The number of pyridine rings is 1. The van der Waals surface area contributed by atoms with Crippen molar-refractivity contribution in [2.24, 2.45) is 7.05 Å². The summed E-state index contributed by atoms with van der Waals surface area (Å²) in [5, 5.41) is 8.88. The normalized spacial score (nSPS) is 11.9. The minimum atomic E-state index is -4.48. The first-order valence-corrected chi connectivity index (χ1v) is 9.08. The number of halogens is 3. The van der Waals surface area contributed by atoms with Gasteiger partial charge < -0.3 is 4.72 Å². The number of fused-ring (bicyclic) bond motifs is 1. The van der Waals surface area contributed by atoms with E-state index in [2.05, 4.69) is 19.9 Å². The van der Waals surface area contributed by atoms with Crippen molar-refractivity contribution < 1.29 is 13.2 Å². The lowest BCUT2D eigenvalue weighted by Gasteiger charge is -2.08. The average molecular weight is 404 g/mol. The van der Waals surface area contributed by atoms with Gasteiger partial charge in [0.1, 0.15) is 0 Å². The lowest BCUT2D eigenvalue weighted by atomic mass is 10.2. The van der Waals surface area contributed by atoms with E-state index in [1.807, 2.05) is 25.2 Å². The molecule has 0 saturated heterocycles. The standard InChI is InChI=1S/C18H15F3N6S/c1-11-10-27(24-17(11)18(19,20)21)15-7-6-13(9-22-15)28-25-14-5-3-4-12-8-23-26(2)16(12)14/h3-10,25H,1-2H3. The maximum absolute atomic E-state index is 12.9. The summed E-state index contributed by atoms with van der Waals surface area (Å²) in [6.45, 7) is 1.37. The zero-order valence-corrected chi connectivity index (χ0v) is 15.7. The van der Waals surface area contributed by atoms with Gasteiger partial charge in [0.15, 0.2) is 11.5 Å². The smallest absolute Gasteiger partial charge is 0.324 e. The van der Waals surface area contributed by atoms with E-state index in [4.69, 9.17) is 0 Å². The van der Waals surface area contributed by atoms with E-state index >= 15 is 0 Å². The van der Waals surface area contributed by atoms with E-state index in [0.29, 0.717) is 5.82 Å². The third-order valence-electron chi connectivity index (χ3n) is 4.16. The predicted octanol–water partition coefficient (Wildman–Crippen LogP) is 4.60. The molecule has 0 aliphatic carbocycles. The maximum atomic E-state index is 12.9. The van der Waals surface area contributed by atoms with Crippen LogP contribution in [0.2, 0.25) is 0 Å². The molecule has 0 radical (unpaired) electrons. The first-order chi connectivity index (χ1) is 13.3. The van der Waals surface area contributed by atoms with Crippen LogP contribution in [0.15, 0.2) is 53.8 Å². The number of benzene rings is 1. The van der Waals surface area contributed by atoms with Crippen LogP contribution in [0.1, 0.15) is 11.3 Å². The molecule has 0 bridgehead atoms. The van der Waals surface area contributed by atoms with E-state index < -0.39 is 11.9 Å². The summed E-state index contributed by atoms with van der Waals surface area (Å²) in [7, 11) is 1.87. The monoisotopic (exact) mass is 404 g/mol. The van der Waals surface area contributed by atoms with E-state index in [-0.39, 0.29) is 5.56 Å². The lowest BCUT2D eigenvalue weighted by Crippen LogP contribution is -2.09. The molecule has 0 aliphatic heterocycles. The maximum Gasteiger partial charge on any atom is 0.435 e. The third kappa shape index (κ3) is 3.42. The molecule has 0 fully saturated rings. The number of hydrogen-bond acceptors (Lipinski definition) is 5. The number of nitrogens with one attached hydrogen (secondary N) is 1. The zero-order valence-electron chi connectivity index (χ0n) is 14.9. The van der Waals surface area contributed by atoms with Crippen LogP contribution in [-0.4, -0.2) is 24.5 Å². The van der Waals surface area contributed by atoms with Gasteiger partial charge in [0.2, 0.25) is 0 Å². The van der Waals surface area contributed by atoms with Gasteiger partial charge in [-0.2, -0.15) is 23.4 Å². The topological polar surface area (TPSA) is 60.6 Å². The molecule has 4 rings (SSSR count). The largest absolute Gasteiger partial charge is 0.435 e. The first kappa shape index (κ1) is 18.4. The van der Waals surface area contributed by atoms with E-state index in [1.165, 1.54) is 25.1 Å². The van der Waals surface area contributed by atoms with Gasteiger partial charge >= 0.3 is 6.18 Å². The molecule has 4 aromatic rings. The van der Waals surface area contributed by atoms with Crippen molar-refractivity contribution in [1.29, 1.82) is 0 Å². The van der Waals surface area contributed by atoms with Crippen molar-refractivity contribution in [2.75, 3.05) is 4.72 Å². The Morgan fingerprint density at radius 3 is 2.61 bits per heavy atom. The van der Waals surface area contributed by atoms with E-state index in [1.54, 1.807) is 29.2 Å². The molecule has 0 spiro atoms. The highest BCUT2D eigenvalue weighted by Gasteiger charge is 2.36. The molecular formula is C18H15F3N6S. The highest BCUT2D eigenvalue weighted by Crippen LogP contribution is 2.31. The Hall–Kier alpha value is -3.01. The number of rotatable bonds is 4. The van der Waals surface area contributed by atoms with Crippen LogP contribution in [0.4, 0.5) is 18.9 Å². The fourth-order valence-corrected chi connectivity index (χ4v) is 3.49. The molecule has 3 heterocycles. The molecule has 10 heteroatoms. The molecule has 28 heavy (non-hydrogen) atoms. The number of aryl methyl sites for hydroxylation is 2. The summed E-state index contributed by atoms with van der Waals surface area (Å²) >= 11 is 1.35. The van der Waals surface area contributed by atoms with Gasteiger partial charge in [-0.1, -0.05) is 12.1 Å². The SMILES string of the molecule is Cc1cn(-c2ccc(SNc3cccc4cnn(C)c34)cn2)nc1C(F)(F)F. The van der Waals surface area contributed by atoms with Gasteiger partial charge in [-0.15, -0.1) is 0 Å². The van der Waals surface area contributed by atoms with Crippen molar-refractivity contribution in [3.63, 3.8) is 0 Å². The molecule has 1 N–H and O–H groups in total. The minimum Gasteiger partial charge on any atom is -0.324 e. The first-order valence-electron chi connectivity index (χ1n) is 8.26. The van der Waals surface area contributed by atoms with Crippen LogP contribution in [0.3, 0.4) is 0 Å². The average Bonchev–Trinajstić information content (AvgIpc) is 3.24. The second kappa shape index (κ2) is 6.86. The fourth-order valence-electron chi connectivity index (χ4n) is 2.86. The number of anilines is 1. The summed E-state index contributed by atoms with van der Waals surface area (Å²) in [6.07, 6.45) is 0.213. The van der Waals surface area contributed by atoms with E-state index in [0.717, 1.165) is 26.2 Å². The van der Waals surface area contributed by atoms with Gasteiger partial charge in [-0.05, 0) is 37.1 Å². The second-order valence-corrected chi connectivity index (χ2v) is 7.05. The van der Waals surface area contributed by atoms with Crippen LogP contribution in [0, 0.1) is 6.92 Å². The molecular weight excluding hydrogens is 389 g/mol. The number of aromatic nitrogens is 5. The van der Waals surface area contributed by atoms with Gasteiger partial charge in [0, 0.05) is 35.3 Å². The van der Waals surface area contributed by atoms with Crippen molar-refractivity contribution in [3.05, 3.63) is 60.2 Å². The molecule has 0 unspecified atom stereocenters. The molecule has 0 atom stereocenters. The molecule has 0 aliphatic rings. The predicted molar refractivity (Wildman–Crippen MR) is 101 cm³/mol. The van der Waals surface area contributed by atoms with Crippen molar-refractivity contribution >= 4 is 28.5 Å². The van der Waals surface area contributed by atoms with Gasteiger partial charge in [-0.25, -0.2) is 9.67 Å². The third-order valence-corrected chi connectivity index (χ3v) is 4.96. The molecule has 144 valence electrons. The Morgan fingerprint density at radius 1 is 1.11 bits per heavy atom. The Bertz CT molecular complexity index is 1130. The molecule has 0 saturated carbocycles. The summed E-state index contributed by atoms with van der Waals surface area (Å²) in [5.74, 6) is 0.316. The Balaban J connectivity index is 1.52. The van der Waals surface area contributed by atoms with Gasteiger partial charge in [0.05, 0.1) is 17.4 Å². The Morgan fingerprint density at radius 2 is 1.93 bits per heavy atom. The highest BCUT2D eigenvalue weighted by atomic mass is 32.2. The lowest BCUT2D eigenvalue weighted by molar-refractivity contribution is -0.141. The van der Waals surface area contributed by atoms with Crippen molar-refractivity contribution in [1.82, 2.24) is 24.5 Å². The second-order valence-electron chi connectivity index (χ2n) is 6.17. The number of nitrogens with zero attached hydrogens (tertiary/aromatic N) is 5. The minimum absolute atomic E-state index is 0.0543. The highest BCUT2D eigenvalue weighted by molar-refractivity contribution is 8.00. The molecule has 3 aromatic heterocycles. The summed E-state index contributed by atoms with van der Waals surface area (Å²) < 4.78 is 44.9. The van der Waals surface area contributed by atoms with Gasteiger partial charge in [-0.3, -0.25) is 4.68 Å². The van der Waals surface area contributed by atoms with Crippen LogP contribution in [0.5, 0.6) is 0 Å². The quantitative estimate of drug-likeness (QED) is 0.504. The van der Waals surface area contributed by atoms with Crippen LogP contribution < -0.4 is 4.72 Å². The molecule has 6 nitrogen and oxygen atoms in total. The van der Waals surface area contributed by atoms with Crippen LogP contribution in [-0.2, 0) is 13.2 Å². The van der Waals surface area contributed by atoms with Gasteiger partial charge in [0.25, 0.3) is 0 Å². The Kier molecular flexibility index (Phi) is 4.50. The fraction of sp³-hybridized carbons (Fsp3) is 0.167. The number of alkyl halides is 3. The molecule has 0 amide bonds. The summed E-state index contributed by atoms with van der Waals surface area (Å²) in [4.78, 5) is 5.03. The van der Waals surface area contributed by atoms with Crippen LogP contribution >= 0.6 is 11.9 Å². The van der Waals surface area contributed by atoms with E-state index in [9.17, 15) is 13.2 Å². The number of hydrogen-bond donors (Lipinski definition) is 1. The number of para-hydroxylation sites is 1. The summed E-state index contributed by atoms with van der Waals surface area (Å²) in [5.41, 5.74) is 1.03. The van der Waals surface area contributed by atoms with Crippen molar-refractivity contribution in [3.8, 4) is 5.82 Å². The summed E-state index contributed by atoms with van der Waals surface area (Å²) in [6, 6.07) is 9.27. The molecule has 1 aromatic carbocycles. The van der Waals surface area contributed by atoms with Crippen LogP contribution in [0.25, 0.3) is 16.7 Å². The van der Waals surface area contributed by atoms with Crippen molar-refractivity contribution in [2.45, 2.75) is 18.0 Å². The Labute approximate surface area is 162 Å².